The lowest BCUT2D eigenvalue weighted by atomic mass is 9.77. The molecule has 0 saturated carbocycles. The van der Waals surface area contributed by atoms with Crippen molar-refractivity contribution in [3.05, 3.63) is 67.5 Å². The van der Waals surface area contributed by atoms with E-state index in [0.717, 1.165) is 10.1 Å². The lowest BCUT2D eigenvalue weighted by Gasteiger charge is -2.26. The Labute approximate surface area is 180 Å². The van der Waals surface area contributed by atoms with Gasteiger partial charge in [-0.25, -0.2) is 9.59 Å². The summed E-state index contributed by atoms with van der Waals surface area (Å²) in [4.78, 5) is 52.7. The Kier molecular flexibility index (Phi) is 7.70. The van der Waals surface area contributed by atoms with Crippen LogP contribution in [0.1, 0.15) is 56.6 Å². The van der Waals surface area contributed by atoms with E-state index in [9.17, 15) is 24.4 Å². The number of hydrogen-bond acceptors (Lipinski definition) is 6. The van der Waals surface area contributed by atoms with Crippen LogP contribution < -0.4 is 11.2 Å². The molecule has 1 aromatic rings. The first-order chi connectivity index (χ1) is 14.6. The molecule has 2 unspecified atom stereocenters. The third kappa shape index (κ3) is 5.18. The summed E-state index contributed by atoms with van der Waals surface area (Å²) in [7, 11) is 0. The number of carbonyl (C=O) groups is 2. The molecule has 1 aliphatic rings. The van der Waals surface area contributed by atoms with Gasteiger partial charge < -0.3 is 4.74 Å². The molecule has 8 nitrogen and oxygen atoms in total. The van der Waals surface area contributed by atoms with Crippen LogP contribution in [0.15, 0.2) is 45.0 Å². The molecule has 0 aromatic carbocycles. The van der Waals surface area contributed by atoms with E-state index in [1.807, 2.05) is 0 Å². The van der Waals surface area contributed by atoms with Gasteiger partial charge in [-0.2, -0.15) is 5.26 Å². The van der Waals surface area contributed by atoms with Crippen molar-refractivity contribution in [1.82, 2.24) is 9.55 Å². The van der Waals surface area contributed by atoms with E-state index in [-0.39, 0.29) is 30.3 Å². The highest BCUT2D eigenvalue weighted by atomic mass is 16.5. The zero-order chi connectivity index (χ0) is 23.3. The van der Waals surface area contributed by atoms with Crippen molar-refractivity contribution >= 4 is 11.8 Å². The minimum Gasteiger partial charge on any atom is -0.463 e. The van der Waals surface area contributed by atoms with Crippen molar-refractivity contribution in [3.63, 3.8) is 0 Å². The maximum absolute atomic E-state index is 13.7. The number of carbonyl (C=O) groups excluding carboxylic acids is 2. The normalized spacial score (nSPS) is 18.5. The smallest absolute Gasteiger partial charge is 0.330 e. The van der Waals surface area contributed by atoms with E-state index in [1.54, 1.807) is 46.8 Å². The molecule has 8 heteroatoms. The van der Waals surface area contributed by atoms with Gasteiger partial charge in [-0.15, -0.1) is 0 Å². The molecule has 0 saturated heterocycles. The Bertz CT molecular complexity index is 1130. The molecule has 164 valence electrons. The van der Waals surface area contributed by atoms with Gasteiger partial charge in [0.25, 0.3) is 5.56 Å². The van der Waals surface area contributed by atoms with Crippen molar-refractivity contribution in [1.29, 1.82) is 5.26 Å². The fraction of sp³-hybridized carbons (Fsp3) is 0.435. The largest absolute Gasteiger partial charge is 0.463 e. The first kappa shape index (κ1) is 23.8. The number of allylic oxidation sites excluding steroid dienone is 5. The van der Waals surface area contributed by atoms with Gasteiger partial charge in [0, 0.05) is 35.6 Å². The Morgan fingerprint density at radius 3 is 2.61 bits per heavy atom. The number of H-pyrrole nitrogens is 1. The van der Waals surface area contributed by atoms with Gasteiger partial charge in [-0.1, -0.05) is 38.5 Å². The molecule has 0 bridgehead atoms. The number of nitrogens with one attached hydrogen (secondary N) is 1. The molecular weight excluding hydrogens is 398 g/mol. The summed E-state index contributed by atoms with van der Waals surface area (Å²) in [6, 6.07) is 2.12. The van der Waals surface area contributed by atoms with Crippen LogP contribution in [0, 0.1) is 23.2 Å². The molecule has 0 amide bonds. The second-order valence-electron chi connectivity index (χ2n) is 7.74. The highest BCUT2D eigenvalue weighted by molar-refractivity contribution is 5.99. The Balaban J connectivity index is 2.64. The molecule has 1 N–H and O–H groups in total. The molecular formula is C23H27N3O5. The molecule has 0 radical (unpaired) electrons. The zero-order valence-corrected chi connectivity index (χ0v) is 18.4. The fourth-order valence-corrected chi connectivity index (χ4v) is 3.65. The number of Topliss-reactive ketones (excluding diaryl/α,β-unsaturated/α-hetero) is 1. The highest BCUT2D eigenvalue weighted by Crippen LogP contribution is 2.32. The molecule has 1 heterocycles. The van der Waals surface area contributed by atoms with Crippen LogP contribution in [-0.2, 0) is 16.1 Å². The zero-order valence-electron chi connectivity index (χ0n) is 18.4. The minimum atomic E-state index is -0.744. The van der Waals surface area contributed by atoms with E-state index < -0.39 is 34.8 Å². The van der Waals surface area contributed by atoms with Gasteiger partial charge in [0.15, 0.2) is 5.78 Å². The van der Waals surface area contributed by atoms with Crippen LogP contribution in [0.3, 0.4) is 0 Å². The molecule has 1 aromatic heterocycles. The molecule has 2 rings (SSSR count). The second-order valence-corrected chi connectivity index (χ2v) is 7.74. The predicted molar refractivity (Wildman–Crippen MR) is 116 cm³/mol. The first-order valence-electron chi connectivity index (χ1n) is 10.2. The minimum absolute atomic E-state index is 0.00245. The Hall–Kier alpha value is -3.47. The number of hydrogen-bond donors (Lipinski definition) is 1. The number of nitrogens with zero attached hydrogens (tertiary/aromatic N) is 2. The monoisotopic (exact) mass is 425 g/mol. The van der Waals surface area contributed by atoms with Crippen LogP contribution >= 0.6 is 0 Å². The van der Waals surface area contributed by atoms with Crippen molar-refractivity contribution < 1.29 is 14.3 Å². The second kappa shape index (κ2) is 10.0. The van der Waals surface area contributed by atoms with Crippen molar-refractivity contribution in [3.8, 4) is 6.07 Å². The summed E-state index contributed by atoms with van der Waals surface area (Å²) in [6.07, 6.45) is 6.06. The van der Waals surface area contributed by atoms with Crippen molar-refractivity contribution in [2.75, 3.05) is 6.61 Å². The SMILES string of the molecule is CCOC(=O)/C=C/Cn1c(C(=O)C2C=C(C)C=C(C#N)C2C)c(C(C)C)c(=O)[nH]c1=O. The maximum Gasteiger partial charge on any atom is 0.330 e. The molecule has 0 spiro atoms. The highest BCUT2D eigenvalue weighted by Gasteiger charge is 2.34. The van der Waals surface area contributed by atoms with Crippen LogP contribution in [-0.4, -0.2) is 27.9 Å². The molecule has 1 aliphatic carbocycles. The maximum atomic E-state index is 13.7. The van der Waals surface area contributed by atoms with Gasteiger partial charge >= 0.3 is 11.7 Å². The lowest BCUT2D eigenvalue weighted by Crippen LogP contribution is -2.39. The molecule has 0 fully saturated rings. The number of ketones is 1. The first-order valence-corrected chi connectivity index (χ1v) is 10.2. The number of rotatable bonds is 7. The van der Waals surface area contributed by atoms with Crippen LogP contribution in [0.4, 0.5) is 0 Å². The average molecular weight is 425 g/mol. The molecule has 0 aliphatic heterocycles. The summed E-state index contributed by atoms with van der Waals surface area (Å²) in [5, 5.41) is 9.43. The third-order valence-electron chi connectivity index (χ3n) is 5.16. The van der Waals surface area contributed by atoms with E-state index in [4.69, 9.17) is 4.74 Å². The van der Waals surface area contributed by atoms with Gasteiger partial charge in [-0.05, 0) is 25.8 Å². The number of ether oxygens (including phenoxy) is 1. The molecule has 2 atom stereocenters. The standard InChI is InChI=1S/C23H27N3O5/c1-6-31-18(27)8-7-9-26-20(19(13(2)3)22(29)25-23(26)30)21(28)17-11-14(4)10-16(12-24)15(17)5/h7-8,10-11,13,15,17H,6,9H2,1-5H3,(H,25,29,30)/b8-7+. The van der Waals surface area contributed by atoms with E-state index in [2.05, 4.69) is 11.1 Å². The quantitative estimate of drug-likeness (QED) is 0.407. The van der Waals surface area contributed by atoms with E-state index in [0.29, 0.717) is 5.57 Å². The predicted octanol–water partition coefficient (Wildman–Crippen LogP) is 2.62. The average Bonchev–Trinajstić information content (AvgIpc) is 2.69. The Morgan fingerprint density at radius 1 is 1.35 bits per heavy atom. The number of aromatic amines is 1. The summed E-state index contributed by atoms with van der Waals surface area (Å²) in [5.41, 5.74) is 0.0592. The number of nitriles is 1. The topological polar surface area (TPSA) is 122 Å². The fourth-order valence-electron chi connectivity index (χ4n) is 3.65. The number of aromatic nitrogens is 2. The summed E-state index contributed by atoms with van der Waals surface area (Å²) >= 11 is 0. The van der Waals surface area contributed by atoms with Gasteiger partial charge in [0.05, 0.1) is 18.4 Å². The Morgan fingerprint density at radius 2 is 2.03 bits per heavy atom. The van der Waals surface area contributed by atoms with Gasteiger partial charge in [0.2, 0.25) is 0 Å². The lowest BCUT2D eigenvalue weighted by molar-refractivity contribution is -0.137. The van der Waals surface area contributed by atoms with Crippen LogP contribution in [0.25, 0.3) is 0 Å². The number of esters is 1. The summed E-state index contributed by atoms with van der Waals surface area (Å²) in [5.74, 6) is -2.42. The van der Waals surface area contributed by atoms with Crippen molar-refractivity contribution in [2.24, 2.45) is 11.8 Å². The van der Waals surface area contributed by atoms with Gasteiger partial charge in [-0.3, -0.25) is 19.1 Å². The summed E-state index contributed by atoms with van der Waals surface area (Å²) in [6.45, 7) is 8.87. The van der Waals surface area contributed by atoms with Crippen LogP contribution in [0.5, 0.6) is 0 Å². The summed E-state index contributed by atoms with van der Waals surface area (Å²) < 4.78 is 5.99. The molecule has 31 heavy (non-hydrogen) atoms. The van der Waals surface area contributed by atoms with Gasteiger partial charge in [0.1, 0.15) is 0 Å². The van der Waals surface area contributed by atoms with E-state index in [1.165, 1.54) is 12.2 Å². The van der Waals surface area contributed by atoms with Crippen LogP contribution in [0.2, 0.25) is 0 Å². The third-order valence-corrected chi connectivity index (χ3v) is 5.16. The van der Waals surface area contributed by atoms with Crippen molar-refractivity contribution in [2.45, 2.75) is 47.1 Å². The van der Waals surface area contributed by atoms with E-state index >= 15 is 0 Å².